The van der Waals surface area contributed by atoms with Gasteiger partial charge in [-0.3, -0.25) is 0 Å². The number of hydrogen-bond acceptors (Lipinski definition) is 7. The van der Waals surface area contributed by atoms with Crippen LogP contribution in [0.2, 0.25) is 5.02 Å². The number of pyridine rings is 1. The smallest absolute Gasteiger partial charge is 0.190 e. The molecule has 0 aliphatic carbocycles. The first-order valence-corrected chi connectivity index (χ1v) is 11.9. The highest BCUT2D eigenvalue weighted by molar-refractivity contribution is 6.31. The summed E-state index contributed by atoms with van der Waals surface area (Å²) >= 11 is 5.94. The number of nitrogens with zero attached hydrogens (tertiary/aromatic N) is 6. The fraction of sp³-hybridized carbons (Fsp3) is 0.280. The van der Waals surface area contributed by atoms with E-state index in [9.17, 15) is 4.39 Å². The molecule has 0 aliphatic rings. The van der Waals surface area contributed by atoms with Gasteiger partial charge in [0.15, 0.2) is 11.6 Å². The number of anilines is 1. The van der Waals surface area contributed by atoms with Crippen molar-refractivity contribution < 1.29 is 13.5 Å². The van der Waals surface area contributed by atoms with E-state index in [1.165, 1.54) is 23.0 Å². The quantitative estimate of drug-likeness (QED) is 0.339. The standard InChI is InChI=1S/C25H26ClF2N7O/c1-4-34(5-2)10-11-36-22-9-8-21(23(28)15(22)3)35-25(31-32-33-35)18-12-17(14-30-24(18)29)16-6-7-20(27)19(26)13-16/h6-9,12-14H,4-5,10-11H2,1-3H3,(H2,29,30). The summed E-state index contributed by atoms with van der Waals surface area (Å²) in [5.74, 6) is -0.245. The second-order valence-corrected chi connectivity index (χ2v) is 8.50. The van der Waals surface area contributed by atoms with Crippen LogP contribution >= 0.6 is 11.6 Å². The fourth-order valence-electron chi connectivity index (χ4n) is 3.80. The van der Waals surface area contributed by atoms with Crippen molar-refractivity contribution in [2.24, 2.45) is 0 Å². The third-order valence-electron chi connectivity index (χ3n) is 5.99. The monoisotopic (exact) mass is 513 g/mol. The van der Waals surface area contributed by atoms with E-state index in [0.717, 1.165) is 19.6 Å². The van der Waals surface area contributed by atoms with E-state index in [0.29, 0.717) is 34.6 Å². The molecule has 0 unspecified atom stereocenters. The summed E-state index contributed by atoms with van der Waals surface area (Å²) in [4.78, 5) is 6.45. The Bertz CT molecular complexity index is 1370. The summed E-state index contributed by atoms with van der Waals surface area (Å²) in [6.07, 6.45) is 1.53. The summed E-state index contributed by atoms with van der Waals surface area (Å²) in [6, 6.07) is 9.27. The van der Waals surface area contributed by atoms with E-state index in [1.54, 1.807) is 31.2 Å². The molecule has 0 atom stereocenters. The molecule has 4 rings (SSSR count). The SMILES string of the molecule is CCN(CC)CCOc1ccc(-n2nnnc2-c2cc(-c3ccc(F)c(Cl)c3)cnc2N)c(F)c1C. The molecule has 8 nitrogen and oxygen atoms in total. The first-order valence-electron chi connectivity index (χ1n) is 11.5. The minimum absolute atomic E-state index is 0.0207. The van der Waals surface area contributed by atoms with Crippen molar-refractivity contribution in [3.63, 3.8) is 0 Å². The van der Waals surface area contributed by atoms with Crippen LogP contribution in [0, 0.1) is 18.6 Å². The molecule has 0 saturated carbocycles. The summed E-state index contributed by atoms with van der Waals surface area (Å²) in [6.45, 7) is 8.84. The van der Waals surface area contributed by atoms with E-state index in [4.69, 9.17) is 22.1 Å². The lowest BCUT2D eigenvalue weighted by atomic mass is 10.0. The van der Waals surface area contributed by atoms with Gasteiger partial charge in [-0.1, -0.05) is 31.5 Å². The van der Waals surface area contributed by atoms with Crippen molar-refractivity contribution in [2.75, 3.05) is 32.0 Å². The molecule has 36 heavy (non-hydrogen) atoms. The van der Waals surface area contributed by atoms with E-state index in [-0.39, 0.29) is 22.4 Å². The zero-order valence-corrected chi connectivity index (χ0v) is 20.9. The first-order chi connectivity index (χ1) is 17.3. The van der Waals surface area contributed by atoms with Crippen molar-refractivity contribution in [1.29, 1.82) is 0 Å². The van der Waals surface area contributed by atoms with Gasteiger partial charge in [0.1, 0.15) is 29.7 Å². The van der Waals surface area contributed by atoms with Gasteiger partial charge in [-0.05, 0) is 66.3 Å². The number of aromatic nitrogens is 5. The van der Waals surface area contributed by atoms with E-state index in [2.05, 4.69) is 39.3 Å². The molecule has 2 N–H and O–H groups in total. The maximum atomic E-state index is 15.5. The largest absolute Gasteiger partial charge is 0.492 e. The Hall–Kier alpha value is -3.63. The molecule has 2 aromatic carbocycles. The van der Waals surface area contributed by atoms with Crippen LogP contribution in [0.3, 0.4) is 0 Å². The van der Waals surface area contributed by atoms with Crippen LogP contribution in [0.4, 0.5) is 14.6 Å². The van der Waals surface area contributed by atoms with E-state index < -0.39 is 11.6 Å². The minimum atomic E-state index is -0.528. The number of hydrogen-bond donors (Lipinski definition) is 1. The number of tetrazole rings is 1. The summed E-state index contributed by atoms with van der Waals surface area (Å²) in [5, 5.41) is 11.8. The van der Waals surface area contributed by atoms with E-state index in [1.807, 2.05) is 0 Å². The van der Waals surface area contributed by atoms with Gasteiger partial charge in [0.25, 0.3) is 0 Å². The molecule has 0 bridgehead atoms. The van der Waals surface area contributed by atoms with Crippen molar-refractivity contribution >= 4 is 17.4 Å². The van der Waals surface area contributed by atoms with Crippen molar-refractivity contribution in [3.8, 4) is 34.0 Å². The second-order valence-electron chi connectivity index (χ2n) is 8.10. The topological polar surface area (TPSA) is 95.0 Å². The zero-order chi connectivity index (χ0) is 25.8. The second kappa shape index (κ2) is 11.0. The van der Waals surface area contributed by atoms with Crippen molar-refractivity contribution in [3.05, 3.63) is 64.8 Å². The highest BCUT2D eigenvalue weighted by atomic mass is 35.5. The van der Waals surface area contributed by atoms with Crippen molar-refractivity contribution in [1.82, 2.24) is 30.1 Å². The number of rotatable bonds is 9. The molecule has 188 valence electrons. The summed E-state index contributed by atoms with van der Waals surface area (Å²) in [7, 11) is 0. The maximum Gasteiger partial charge on any atom is 0.190 e. The number of nitrogens with two attached hydrogens (primary N) is 1. The van der Waals surface area contributed by atoms with Crippen LogP contribution in [0.25, 0.3) is 28.2 Å². The van der Waals surface area contributed by atoms with E-state index >= 15 is 4.39 Å². The van der Waals surface area contributed by atoms with Crippen LogP contribution in [0.5, 0.6) is 5.75 Å². The average molecular weight is 514 g/mol. The highest BCUT2D eigenvalue weighted by Crippen LogP contribution is 2.32. The third kappa shape index (κ3) is 5.14. The molecule has 2 heterocycles. The lowest BCUT2D eigenvalue weighted by Crippen LogP contribution is -2.28. The van der Waals surface area contributed by atoms with Crippen LogP contribution in [0.15, 0.2) is 42.6 Å². The molecule has 0 radical (unpaired) electrons. The van der Waals surface area contributed by atoms with Gasteiger partial charge in [-0.25, -0.2) is 13.8 Å². The fourth-order valence-corrected chi connectivity index (χ4v) is 3.98. The van der Waals surface area contributed by atoms with Gasteiger partial charge in [0.05, 0.1) is 10.6 Å². The number of likely N-dealkylation sites (N-methyl/N-ethyl adjacent to an activating group) is 1. The molecule has 0 aliphatic heterocycles. The average Bonchev–Trinajstić information content (AvgIpc) is 3.36. The Kier molecular flexibility index (Phi) is 7.76. The van der Waals surface area contributed by atoms with Gasteiger partial charge >= 0.3 is 0 Å². The zero-order valence-electron chi connectivity index (χ0n) is 20.2. The lowest BCUT2D eigenvalue weighted by Gasteiger charge is -2.19. The Labute approximate surface area is 212 Å². The van der Waals surface area contributed by atoms with Gasteiger partial charge in [0, 0.05) is 23.9 Å². The van der Waals surface area contributed by atoms with Crippen molar-refractivity contribution in [2.45, 2.75) is 20.8 Å². The molecular weight excluding hydrogens is 488 g/mol. The Morgan fingerprint density at radius 2 is 1.86 bits per heavy atom. The number of ether oxygens (including phenoxy) is 1. The molecule has 11 heteroatoms. The number of benzene rings is 2. The molecule has 4 aromatic rings. The maximum absolute atomic E-state index is 15.5. The molecule has 0 fully saturated rings. The normalized spacial score (nSPS) is 11.3. The van der Waals surface area contributed by atoms with Crippen LogP contribution in [0.1, 0.15) is 19.4 Å². The summed E-state index contributed by atoms with van der Waals surface area (Å²) < 4.78 is 36.2. The van der Waals surface area contributed by atoms with Gasteiger partial charge in [-0.15, -0.1) is 5.10 Å². The lowest BCUT2D eigenvalue weighted by molar-refractivity contribution is 0.221. The highest BCUT2D eigenvalue weighted by Gasteiger charge is 2.20. The Morgan fingerprint density at radius 1 is 1.08 bits per heavy atom. The van der Waals surface area contributed by atoms with Crippen LogP contribution in [-0.4, -0.2) is 56.3 Å². The Morgan fingerprint density at radius 3 is 2.58 bits per heavy atom. The van der Waals surface area contributed by atoms with Gasteiger partial charge < -0.3 is 15.4 Å². The Balaban J connectivity index is 1.66. The number of nitrogen functional groups attached to an aromatic ring is 1. The molecule has 0 spiro atoms. The molecule has 0 amide bonds. The van der Waals surface area contributed by atoms with Gasteiger partial charge in [-0.2, -0.15) is 4.68 Å². The van der Waals surface area contributed by atoms with Crippen LogP contribution < -0.4 is 10.5 Å². The predicted octanol–water partition coefficient (Wildman–Crippen LogP) is 4.93. The number of halogens is 3. The van der Waals surface area contributed by atoms with Gasteiger partial charge in [0.2, 0.25) is 0 Å². The first kappa shape index (κ1) is 25.5. The molecular formula is C25H26ClF2N7O. The summed E-state index contributed by atoms with van der Waals surface area (Å²) in [5.41, 5.74) is 8.24. The van der Waals surface area contributed by atoms with Crippen LogP contribution in [-0.2, 0) is 0 Å². The third-order valence-corrected chi connectivity index (χ3v) is 6.28. The minimum Gasteiger partial charge on any atom is -0.492 e. The predicted molar refractivity (Wildman–Crippen MR) is 135 cm³/mol. The molecule has 2 aromatic heterocycles. The molecule has 0 saturated heterocycles.